The monoisotopic (exact) mass is 214 g/mol. The second kappa shape index (κ2) is 5.20. The van der Waals surface area contributed by atoms with Crippen molar-refractivity contribution in [3.8, 4) is 5.75 Å². The lowest BCUT2D eigenvalue weighted by molar-refractivity contribution is 0.414. The maximum Gasteiger partial charge on any atom is 0.137 e. The van der Waals surface area contributed by atoms with Crippen LogP contribution < -0.4 is 16.2 Å². The van der Waals surface area contributed by atoms with Crippen molar-refractivity contribution in [1.82, 2.24) is 0 Å². The smallest absolute Gasteiger partial charge is 0.137 e. The van der Waals surface area contributed by atoms with Crippen molar-refractivity contribution in [3.63, 3.8) is 0 Å². The maximum atomic E-state index is 5.90. The van der Waals surface area contributed by atoms with Gasteiger partial charge >= 0.3 is 0 Å². The molecule has 0 radical (unpaired) electrons. The predicted octanol–water partition coefficient (Wildman–Crippen LogP) is 1.70. The number of methoxy groups -OCH3 is 1. The molecule has 1 atom stereocenters. The van der Waals surface area contributed by atoms with Crippen molar-refractivity contribution in [1.29, 1.82) is 0 Å². The van der Waals surface area contributed by atoms with Gasteiger partial charge in [0.25, 0.3) is 0 Å². The summed E-state index contributed by atoms with van der Waals surface area (Å²) in [5, 5.41) is 0.594. The molecule has 78 valence electrons. The van der Waals surface area contributed by atoms with Crippen molar-refractivity contribution < 1.29 is 4.74 Å². The molecular formula is C10H15ClN2O. The summed E-state index contributed by atoms with van der Waals surface area (Å²) in [6.45, 7) is 0.576. The van der Waals surface area contributed by atoms with Crippen LogP contribution in [0.1, 0.15) is 18.0 Å². The molecule has 14 heavy (non-hydrogen) atoms. The SMILES string of the molecule is COc1cc([C@@H](N)CCN)ccc1Cl. The first-order chi connectivity index (χ1) is 6.69. The van der Waals surface area contributed by atoms with Gasteiger partial charge in [-0.1, -0.05) is 17.7 Å². The Hall–Kier alpha value is -0.770. The predicted molar refractivity (Wildman–Crippen MR) is 58.6 cm³/mol. The van der Waals surface area contributed by atoms with Crippen molar-refractivity contribution in [2.24, 2.45) is 11.5 Å². The van der Waals surface area contributed by atoms with E-state index in [4.69, 9.17) is 27.8 Å². The van der Waals surface area contributed by atoms with Crippen LogP contribution in [0.3, 0.4) is 0 Å². The summed E-state index contributed by atoms with van der Waals surface area (Å²) >= 11 is 5.89. The van der Waals surface area contributed by atoms with Crippen LogP contribution in [0.15, 0.2) is 18.2 Å². The maximum absolute atomic E-state index is 5.90. The molecule has 0 saturated heterocycles. The van der Waals surface area contributed by atoms with Gasteiger partial charge < -0.3 is 16.2 Å². The Morgan fingerprint density at radius 3 is 2.79 bits per heavy atom. The Kier molecular flexibility index (Phi) is 4.20. The fourth-order valence-electron chi connectivity index (χ4n) is 1.25. The van der Waals surface area contributed by atoms with E-state index in [0.717, 1.165) is 12.0 Å². The topological polar surface area (TPSA) is 61.3 Å². The zero-order valence-corrected chi connectivity index (χ0v) is 8.92. The van der Waals surface area contributed by atoms with Gasteiger partial charge in [-0.2, -0.15) is 0 Å². The molecule has 0 aliphatic heterocycles. The van der Waals surface area contributed by atoms with Crippen LogP contribution in [0.25, 0.3) is 0 Å². The highest BCUT2D eigenvalue weighted by atomic mass is 35.5. The number of benzene rings is 1. The van der Waals surface area contributed by atoms with E-state index in [1.54, 1.807) is 13.2 Å². The highest BCUT2D eigenvalue weighted by molar-refractivity contribution is 6.32. The summed E-state index contributed by atoms with van der Waals surface area (Å²) in [6.07, 6.45) is 0.755. The average Bonchev–Trinajstić information content (AvgIpc) is 2.19. The molecule has 0 fully saturated rings. The molecule has 1 aromatic carbocycles. The molecule has 3 nitrogen and oxygen atoms in total. The Labute approximate surface area is 89.0 Å². The minimum atomic E-state index is -0.0498. The molecule has 1 aromatic rings. The van der Waals surface area contributed by atoms with Crippen molar-refractivity contribution in [3.05, 3.63) is 28.8 Å². The quantitative estimate of drug-likeness (QED) is 0.802. The number of ether oxygens (including phenoxy) is 1. The molecule has 0 aromatic heterocycles. The van der Waals surface area contributed by atoms with E-state index >= 15 is 0 Å². The molecule has 0 aliphatic carbocycles. The highest BCUT2D eigenvalue weighted by Crippen LogP contribution is 2.27. The fraction of sp³-hybridized carbons (Fsp3) is 0.400. The number of hydrogen-bond donors (Lipinski definition) is 2. The van der Waals surface area contributed by atoms with Gasteiger partial charge in [-0.3, -0.25) is 0 Å². The van der Waals surface area contributed by atoms with Gasteiger partial charge in [-0.25, -0.2) is 0 Å². The number of nitrogens with two attached hydrogens (primary N) is 2. The lowest BCUT2D eigenvalue weighted by Crippen LogP contribution is -2.15. The second-order valence-corrected chi connectivity index (χ2v) is 3.49. The molecule has 0 aliphatic rings. The molecule has 4 heteroatoms. The standard InChI is InChI=1S/C10H15ClN2O/c1-14-10-6-7(2-3-8(10)11)9(13)4-5-12/h2-3,6,9H,4-5,12-13H2,1H3/t9-/m0/s1. The van der Waals surface area contributed by atoms with Crippen LogP contribution in [-0.2, 0) is 0 Å². The average molecular weight is 215 g/mol. The van der Waals surface area contributed by atoms with Crippen LogP contribution in [0, 0.1) is 0 Å². The summed E-state index contributed by atoms with van der Waals surface area (Å²) in [5.74, 6) is 0.650. The Balaban J connectivity index is 2.88. The van der Waals surface area contributed by atoms with Gasteiger partial charge in [0, 0.05) is 6.04 Å². The molecule has 0 spiro atoms. The first-order valence-electron chi connectivity index (χ1n) is 4.48. The minimum absolute atomic E-state index is 0.0498. The largest absolute Gasteiger partial charge is 0.495 e. The third-order valence-corrected chi connectivity index (χ3v) is 2.39. The Bertz CT molecular complexity index is 304. The van der Waals surface area contributed by atoms with E-state index in [1.807, 2.05) is 12.1 Å². The van der Waals surface area contributed by atoms with Gasteiger partial charge in [0.2, 0.25) is 0 Å². The first-order valence-corrected chi connectivity index (χ1v) is 4.86. The lowest BCUT2D eigenvalue weighted by Gasteiger charge is -2.12. The highest BCUT2D eigenvalue weighted by Gasteiger charge is 2.08. The van der Waals surface area contributed by atoms with E-state index in [9.17, 15) is 0 Å². The van der Waals surface area contributed by atoms with E-state index in [1.165, 1.54) is 0 Å². The molecular weight excluding hydrogens is 200 g/mol. The van der Waals surface area contributed by atoms with Crippen LogP contribution in [-0.4, -0.2) is 13.7 Å². The van der Waals surface area contributed by atoms with Gasteiger partial charge in [-0.05, 0) is 30.7 Å². The summed E-state index contributed by atoms with van der Waals surface area (Å²) in [5.41, 5.74) is 12.3. The van der Waals surface area contributed by atoms with Gasteiger partial charge in [0.15, 0.2) is 0 Å². The molecule has 0 heterocycles. The Morgan fingerprint density at radius 2 is 2.21 bits per heavy atom. The number of halogens is 1. The molecule has 0 bridgehead atoms. The zero-order valence-electron chi connectivity index (χ0n) is 8.16. The molecule has 1 rings (SSSR count). The van der Waals surface area contributed by atoms with Crippen molar-refractivity contribution >= 4 is 11.6 Å². The van der Waals surface area contributed by atoms with Gasteiger partial charge in [0.05, 0.1) is 12.1 Å². The molecule has 0 unspecified atom stereocenters. The summed E-state index contributed by atoms with van der Waals surface area (Å²) in [7, 11) is 1.58. The number of rotatable bonds is 4. The van der Waals surface area contributed by atoms with Crippen LogP contribution in [0.5, 0.6) is 5.75 Å². The Morgan fingerprint density at radius 1 is 1.50 bits per heavy atom. The van der Waals surface area contributed by atoms with E-state index < -0.39 is 0 Å². The fourth-order valence-corrected chi connectivity index (χ4v) is 1.45. The van der Waals surface area contributed by atoms with Crippen LogP contribution in [0.2, 0.25) is 5.02 Å². The molecule has 0 saturated carbocycles. The molecule has 4 N–H and O–H groups in total. The van der Waals surface area contributed by atoms with Crippen LogP contribution in [0.4, 0.5) is 0 Å². The summed E-state index contributed by atoms with van der Waals surface area (Å²) < 4.78 is 5.10. The third-order valence-electron chi connectivity index (χ3n) is 2.08. The number of hydrogen-bond acceptors (Lipinski definition) is 3. The van der Waals surface area contributed by atoms with Gasteiger partial charge in [-0.15, -0.1) is 0 Å². The first kappa shape index (κ1) is 11.3. The van der Waals surface area contributed by atoms with Crippen molar-refractivity contribution in [2.75, 3.05) is 13.7 Å². The normalized spacial score (nSPS) is 12.6. The lowest BCUT2D eigenvalue weighted by atomic mass is 10.0. The second-order valence-electron chi connectivity index (χ2n) is 3.08. The van der Waals surface area contributed by atoms with Crippen molar-refractivity contribution in [2.45, 2.75) is 12.5 Å². The minimum Gasteiger partial charge on any atom is -0.495 e. The summed E-state index contributed by atoms with van der Waals surface area (Å²) in [4.78, 5) is 0. The van der Waals surface area contributed by atoms with Crippen LogP contribution >= 0.6 is 11.6 Å². The molecule has 0 amide bonds. The summed E-state index contributed by atoms with van der Waals surface area (Å²) in [6, 6.07) is 5.48. The van der Waals surface area contributed by atoms with E-state index in [-0.39, 0.29) is 6.04 Å². The third kappa shape index (κ3) is 2.61. The van der Waals surface area contributed by atoms with E-state index in [0.29, 0.717) is 17.3 Å². The van der Waals surface area contributed by atoms with Gasteiger partial charge in [0.1, 0.15) is 5.75 Å². The van der Waals surface area contributed by atoms with E-state index in [2.05, 4.69) is 0 Å². The zero-order chi connectivity index (χ0) is 10.6.